The summed E-state index contributed by atoms with van der Waals surface area (Å²) in [5.74, 6) is 0. The molecule has 29 heavy (non-hydrogen) atoms. The van der Waals surface area contributed by atoms with Crippen LogP contribution in [0.1, 0.15) is 63.6 Å². The van der Waals surface area contributed by atoms with Gasteiger partial charge in [0.2, 0.25) is 15.2 Å². The van der Waals surface area contributed by atoms with E-state index in [2.05, 4.69) is 119 Å². The Morgan fingerprint density at radius 2 is 0.966 bits per heavy atom. The van der Waals surface area contributed by atoms with Gasteiger partial charge in [0.25, 0.3) is 0 Å². The third kappa shape index (κ3) is 3.96. The van der Waals surface area contributed by atoms with Crippen molar-refractivity contribution in [1.29, 1.82) is 0 Å². The second-order valence-corrected chi connectivity index (χ2v) is 10.8. The minimum Gasteiger partial charge on any atom is -0.0953 e. The monoisotopic (exact) mass is 397 g/mol. The summed E-state index contributed by atoms with van der Waals surface area (Å²) in [6.45, 7) is 9.65. The van der Waals surface area contributed by atoms with Crippen LogP contribution in [0.25, 0.3) is 0 Å². The Morgan fingerprint density at radius 1 is 0.621 bits per heavy atom. The van der Waals surface area contributed by atoms with Gasteiger partial charge < -0.3 is 0 Å². The van der Waals surface area contributed by atoms with E-state index in [0.717, 1.165) is 4.78 Å². The molecule has 1 heteroatoms. The maximum absolute atomic E-state index is 2.46. The Kier molecular flexibility index (Phi) is 7.40. The molecule has 0 aromatic heterocycles. The van der Waals surface area contributed by atoms with Crippen molar-refractivity contribution in [3.63, 3.8) is 0 Å². The van der Waals surface area contributed by atoms with E-state index in [9.17, 15) is 0 Å². The Morgan fingerprint density at radius 3 is 1.24 bits per heavy atom. The van der Waals surface area contributed by atoms with Gasteiger partial charge in [0.1, 0.15) is 0 Å². The van der Waals surface area contributed by atoms with Crippen LogP contribution in [-0.4, -0.2) is 15.2 Å². The molecule has 0 N–H and O–H groups in total. The lowest BCUT2D eigenvalue weighted by Crippen LogP contribution is -2.46. The second kappa shape index (κ2) is 9.80. The molecular weight excluding hydrogens is 363 g/mol. The average Bonchev–Trinajstić information content (AvgIpc) is 2.80. The maximum atomic E-state index is 2.46. The Hall–Kier alpha value is -1.81. The number of hydrogen-bond donors (Lipinski definition) is 0. The molecule has 3 aromatic rings. The highest BCUT2D eigenvalue weighted by atomic mass is 27.1. The topological polar surface area (TPSA) is 0 Å². The molecule has 1 radical (unpaired) electrons. The lowest BCUT2D eigenvalue weighted by molar-refractivity contribution is 0.363. The molecule has 0 aliphatic heterocycles. The Balaban J connectivity index is 2.44. The lowest BCUT2D eigenvalue weighted by atomic mass is 9.59. The molecular formula is C28H34Al. The minimum atomic E-state index is -0.140. The molecule has 0 aliphatic rings. The third-order valence-electron chi connectivity index (χ3n) is 6.88. The summed E-state index contributed by atoms with van der Waals surface area (Å²) < 4.78 is 0.984. The number of benzene rings is 3. The van der Waals surface area contributed by atoms with Gasteiger partial charge in [0.15, 0.2) is 0 Å². The van der Waals surface area contributed by atoms with Crippen molar-refractivity contribution in [1.82, 2.24) is 0 Å². The fraction of sp³-hybridized carbons (Fsp3) is 0.357. The molecule has 0 fully saturated rings. The SMILES string of the molecule is CC[CH](C)[Al][C](CC)(CC)C(c1ccccc1)(c1ccccc1)c1ccccc1. The molecule has 149 valence electrons. The first-order valence-electron chi connectivity index (χ1n) is 11.2. The molecule has 1 unspecified atom stereocenters. The van der Waals surface area contributed by atoms with E-state index < -0.39 is 0 Å². The Labute approximate surface area is 184 Å². The molecule has 3 aromatic carbocycles. The van der Waals surface area contributed by atoms with E-state index in [1.807, 2.05) is 0 Å². The fourth-order valence-corrected chi connectivity index (χ4v) is 7.78. The molecule has 0 heterocycles. The van der Waals surface area contributed by atoms with E-state index >= 15 is 0 Å². The zero-order valence-corrected chi connectivity index (χ0v) is 19.6. The zero-order chi connectivity index (χ0) is 20.7. The highest BCUT2D eigenvalue weighted by molar-refractivity contribution is 6.43. The van der Waals surface area contributed by atoms with Crippen molar-refractivity contribution < 1.29 is 0 Å². The van der Waals surface area contributed by atoms with Gasteiger partial charge in [-0.3, -0.25) is 0 Å². The van der Waals surface area contributed by atoms with Crippen molar-refractivity contribution in [3.8, 4) is 0 Å². The average molecular weight is 398 g/mol. The van der Waals surface area contributed by atoms with Crippen molar-refractivity contribution in [2.24, 2.45) is 0 Å². The van der Waals surface area contributed by atoms with Gasteiger partial charge >= 0.3 is 0 Å². The van der Waals surface area contributed by atoms with Crippen molar-refractivity contribution in [2.75, 3.05) is 0 Å². The van der Waals surface area contributed by atoms with Gasteiger partial charge in [-0.05, 0) is 16.7 Å². The van der Waals surface area contributed by atoms with Crippen LogP contribution in [-0.2, 0) is 5.41 Å². The van der Waals surface area contributed by atoms with E-state index in [1.165, 1.54) is 36.0 Å². The van der Waals surface area contributed by atoms with Gasteiger partial charge in [-0.15, -0.1) is 0 Å². The Bertz CT molecular complexity index is 754. The fourth-order valence-electron chi connectivity index (χ4n) is 5.23. The standard InChI is InChI=1S/C24H25.C4H9.Al/c1-3-20(4-2)24(21-14-8-5-9-15-21,22-16-10-6-11-17-22)23-18-12-7-13-19-23;1-3-4-2;/h5-19H,3-4H2,1-2H3;3H,4H2,1-2H3;. The van der Waals surface area contributed by atoms with Crippen LogP contribution in [0.2, 0.25) is 9.06 Å². The summed E-state index contributed by atoms with van der Waals surface area (Å²) in [4.78, 5) is 0. The molecule has 0 nitrogen and oxygen atoms in total. The predicted molar refractivity (Wildman–Crippen MR) is 128 cm³/mol. The summed E-state index contributed by atoms with van der Waals surface area (Å²) in [7, 11) is 0. The molecule has 3 rings (SSSR count). The summed E-state index contributed by atoms with van der Waals surface area (Å²) in [5, 5.41) is 0. The lowest BCUT2D eigenvalue weighted by Gasteiger charge is -2.53. The van der Waals surface area contributed by atoms with Gasteiger partial charge in [0.05, 0.1) is 0 Å². The quantitative estimate of drug-likeness (QED) is 0.254. The highest BCUT2D eigenvalue weighted by Gasteiger charge is 2.52. The molecule has 0 amide bonds. The first kappa shape index (κ1) is 21.9. The van der Waals surface area contributed by atoms with Gasteiger partial charge in [0, 0.05) is 5.41 Å². The zero-order valence-electron chi connectivity index (χ0n) is 18.4. The van der Waals surface area contributed by atoms with E-state index in [4.69, 9.17) is 0 Å². The van der Waals surface area contributed by atoms with Crippen LogP contribution >= 0.6 is 0 Å². The normalized spacial score (nSPS) is 13.1. The van der Waals surface area contributed by atoms with Crippen LogP contribution in [0.4, 0.5) is 0 Å². The summed E-state index contributed by atoms with van der Waals surface area (Å²) in [6, 6.07) is 33.9. The van der Waals surface area contributed by atoms with Crippen LogP contribution in [0, 0.1) is 0 Å². The van der Waals surface area contributed by atoms with Gasteiger partial charge in [-0.2, -0.15) is 0 Å². The maximum Gasteiger partial charge on any atom is 0.217 e. The second-order valence-electron chi connectivity index (χ2n) is 8.26. The number of hydrogen-bond acceptors (Lipinski definition) is 0. The summed E-state index contributed by atoms with van der Waals surface area (Å²) in [5.41, 5.74) is 4.14. The van der Waals surface area contributed by atoms with E-state index in [-0.39, 0.29) is 24.9 Å². The molecule has 0 aliphatic carbocycles. The van der Waals surface area contributed by atoms with Crippen LogP contribution < -0.4 is 0 Å². The largest absolute Gasteiger partial charge is 0.217 e. The van der Waals surface area contributed by atoms with E-state index in [0.29, 0.717) is 0 Å². The van der Waals surface area contributed by atoms with Gasteiger partial charge in [-0.1, -0.05) is 147 Å². The van der Waals surface area contributed by atoms with Crippen LogP contribution in [0.5, 0.6) is 0 Å². The summed E-state index contributed by atoms with van der Waals surface area (Å²) in [6.07, 6.45) is 3.62. The number of rotatable bonds is 9. The van der Waals surface area contributed by atoms with Gasteiger partial charge in [-0.25, -0.2) is 0 Å². The minimum absolute atomic E-state index is 0.140. The van der Waals surface area contributed by atoms with Crippen molar-refractivity contribution >= 4 is 15.2 Å². The summed E-state index contributed by atoms with van der Waals surface area (Å²) >= 11 is 0.251. The van der Waals surface area contributed by atoms with Crippen LogP contribution in [0.3, 0.4) is 0 Å². The predicted octanol–water partition coefficient (Wildman–Crippen LogP) is 7.92. The third-order valence-corrected chi connectivity index (χ3v) is 9.80. The molecule has 1 atom stereocenters. The van der Waals surface area contributed by atoms with Crippen molar-refractivity contribution in [3.05, 3.63) is 108 Å². The van der Waals surface area contributed by atoms with Crippen molar-refractivity contribution in [2.45, 2.75) is 61.4 Å². The molecule has 0 spiro atoms. The van der Waals surface area contributed by atoms with Crippen LogP contribution in [0.15, 0.2) is 91.0 Å². The first-order valence-corrected chi connectivity index (χ1v) is 12.4. The molecule has 0 saturated carbocycles. The first-order chi connectivity index (χ1) is 14.1. The van der Waals surface area contributed by atoms with E-state index in [1.54, 1.807) is 0 Å². The molecule has 0 bridgehead atoms. The highest BCUT2D eigenvalue weighted by Crippen LogP contribution is 2.61. The smallest absolute Gasteiger partial charge is 0.0953 e. The molecule has 0 saturated heterocycles.